The van der Waals surface area contributed by atoms with Gasteiger partial charge in [0.15, 0.2) is 5.96 Å². The summed E-state index contributed by atoms with van der Waals surface area (Å²) in [6.45, 7) is 13.2. The Morgan fingerprint density at radius 2 is 2.04 bits per heavy atom. The SMILES string of the molecule is CCNC(=NCCCN(CC)S(C)(=O)=O)N1CCC(CC(C)C)C1.I. The third-order valence-electron chi connectivity index (χ3n) is 4.37. The average Bonchev–Trinajstić information content (AvgIpc) is 2.92. The Hall–Kier alpha value is -0.0900. The maximum atomic E-state index is 11.6. The number of likely N-dealkylation sites (tertiary alicyclic amines) is 1. The van der Waals surface area contributed by atoms with Gasteiger partial charge in [-0.15, -0.1) is 24.0 Å². The summed E-state index contributed by atoms with van der Waals surface area (Å²) in [4.78, 5) is 7.06. The van der Waals surface area contributed by atoms with Gasteiger partial charge in [0.1, 0.15) is 0 Å². The van der Waals surface area contributed by atoms with Crippen LogP contribution in [0.15, 0.2) is 4.99 Å². The Labute approximate surface area is 171 Å². The molecule has 1 N–H and O–H groups in total. The van der Waals surface area contributed by atoms with E-state index in [1.807, 2.05) is 6.92 Å². The van der Waals surface area contributed by atoms with E-state index in [1.165, 1.54) is 23.4 Å². The summed E-state index contributed by atoms with van der Waals surface area (Å²) >= 11 is 0. The van der Waals surface area contributed by atoms with E-state index < -0.39 is 10.0 Å². The van der Waals surface area contributed by atoms with Crippen LogP contribution in [0.4, 0.5) is 0 Å². The highest BCUT2D eigenvalue weighted by Crippen LogP contribution is 2.23. The van der Waals surface area contributed by atoms with Crippen molar-refractivity contribution >= 4 is 40.0 Å². The molecule has 0 saturated carbocycles. The Balaban J connectivity index is 0.00000576. The van der Waals surface area contributed by atoms with Crippen LogP contribution in [0, 0.1) is 11.8 Å². The van der Waals surface area contributed by atoms with Crippen molar-refractivity contribution < 1.29 is 8.42 Å². The molecule has 25 heavy (non-hydrogen) atoms. The highest BCUT2D eigenvalue weighted by Gasteiger charge is 2.25. The lowest BCUT2D eigenvalue weighted by Gasteiger charge is -2.22. The van der Waals surface area contributed by atoms with E-state index >= 15 is 0 Å². The lowest BCUT2D eigenvalue weighted by atomic mass is 9.97. The second-order valence-electron chi connectivity index (χ2n) is 7.07. The maximum Gasteiger partial charge on any atom is 0.211 e. The van der Waals surface area contributed by atoms with Crippen LogP contribution in [0.1, 0.15) is 47.0 Å². The molecular weight excluding hydrogens is 451 g/mol. The molecule has 0 aromatic rings. The molecule has 0 radical (unpaired) electrons. The highest BCUT2D eigenvalue weighted by molar-refractivity contribution is 14.0. The molecule has 1 rings (SSSR count). The molecule has 150 valence electrons. The second-order valence-corrected chi connectivity index (χ2v) is 9.06. The smallest absolute Gasteiger partial charge is 0.211 e. The number of aliphatic imine (C=N–C) groups is 1. The second kappa shape index (κ2) is 12.3. The zero-order valence-corrected chi connectivity index (χ0v) is 19.6. The summed E-state index contributed by atoms with van der Waals surface area (Å²) < 4.78 is 24.7. The third kappa shape index (κ3) is 9.42. The van der Waals surface area contributed by atoms with Crippen molar-refractivity contribution in [3.8, 4) is 0 Å². The van der Waals surface area contributed by atoms with Crippen LogP contribution in [0.25, 0.3) is 0 Å². The van der Waals surface area contributed by atoms with Gasteiger partial charge in [0.05, 0.1) is 6.26 Å². The van der Waals surface area contributed by atoms with Gasteiger partial charge in [-0.05, 0) is 38.0 Å². The van der Waals surface area contributed by atoms with Crippen LogP contribution in [0.2, 0.25) is 0 Å². The molecule has 0 amide bonds. The molecule has 6 nitrogen and oxygen atoms in total. The van der Waals surface area contributed by atoms with Gasteiger partial charge in [-0.1, -0.05) is 20.8 Å². The summed E-state index contributed by atoms with van der Waals surface area (Å²) in [6.07, 6.45) is 4.53. The molecule has 1 unspecified atom stereocenters. The van der Waals surface area contributed by atoms with Gasteiger partial charge in [0, 0.05) is 39.3 Å². The van der Waals surface area contributed by atoms with Gasteiger partial charge in [0.25, 0.3) is 0 Å². The normalized spacial score (nSPS) is 18.8. The van der Waals surface area contributed by atoms with E-state index in [0.717, 1.165) is 43.9 Å². The first-order valence-electron chi connectivity index (χ1n) is 9.26. The predicted octanol–water partition coefficient (Wildman–Crippen LogP) is 2.61. The summed E-state index contributed by atoms with van der Waals surface area (Å²) in [6, 6.07) is 0. The zero-order valence-electron chi connectivity index (χ0n) is 16.5. The topological polar surface area (TPSA) is 65.0 Å². The molecule has 8 heteroatoms. The van der Waals surface area contributed by atoms with E-state index in [0.29, 0.717) is 19.6 Å². The van der Waals surface area contributed by atoms with Crippen LogP contribution in [0.5, 0.6) is 0 Å². The van der Waals surface area contributed by atoms with Gasteiger partial charge < -0.3 is 10.2 Å². The van der Waals surface area contributed by atoms with Crippen molar-refractivity contribution in [2.75, 3.05) is 45.5 Å². The molecule has 1 heterocycles. The van der Waals surface area contributed by atoms with Crippen molar-refractivity contribution in [3.63, 3.8) is 0 Å². The van der Waals surface area contributed by atoms with Crippen molar-refractivity contribution in [1.29, 1.82) is 0 Å². The maximum absolute atomic E-state index is 11.6. The van der Waals surface area contributed by atoms with Crippen LogP contribution in [-0.2, 0) is 10.0 Å². The molecule has 0 aromatic carbocycles. The molecule has 0 spiro atoms. The van der Waals surface area contributed by atoms with E-state index in [1.54, 1.807) is 0 Å². The molecular formula is C17H37IN4O2S. The van der Waals surface area contributed by atoms with E-state index in [9.17, 15) is 8.42 Å². The fourth-order valence-corrected chi connectivity index (χ4v) is 4.23. The van der Waals surface area contributed by atoms with E-state index in [4.69, 9.17) is 4.99 Å². The lowest BCUT2D eigenvalue weighted by molar-refractivity contribution is 0.402. The summed E-state index contributed by atoms with van der Waals surface area (Å²) in [5.41, 5.74) is 0. The molecule has 0 aromatic heterocycles. The number of nitrogens with zero attached hydrogens (tertiary/aromatic N) is 3. The van der Waals surface area contributed by atoms with Crippen molar-refractivity contribution in [2.45, 2.75) is 47.0 Å². The molecule has 1 aliphatic rings. The number of sulfonamides is 1. The minimum Gasteiger partial charge on any atom is -0.357 e. The number of rotatable bonds is 9. The average molecular weight is 488 g/mol. The summed E-state index contributed by atoms with van der Waals surface area (Å²) in [5, 5.41) is 3.37. The fraction of sp³-hybridized carbons (Fsp3) is 0.941. The van der Waals surface area contributed by atoms with Crippen molar-refractivity contribution in [2.24, 2.45) is 16.8 Å². The first-order chi connectivity index (χ1) is 11.3. The fourth-order valence-electron chi connectivity index (χ4n) is 3.30. The summed E-state index contributed by atoms with van der Waals surface area (Å²) in [5.74, 6) is 2.48. The number of hydrogen-bond donors (Lipinski definition) is 1. The molecule has 1 aliphatic heterocycles. The molecule has 1 atom stereocenters. The monoisotopic (exact) mass is 488 g/mol. The van der Waals surface area contributed by atoms with Gasteiger partial charge in [-0.2, -0.15) is 0 Å². The highest BCUT2D eigenvalue weighted by atomic mass is 127. The molecule has 0 bridgehead atoms. The number of hydrogen-bond acceptors (Lipinski definition) is 3. The largest absolute Gasteiger partial charge is 0.357 e. The van der Waals surface area contributed by atoms with Crippen LogP contribution in [-0.4, -0.2) is 69.1 Å². The van der Waals surface area contributed by atoms with Crippen molar-refractivity contribution in [3.05, 3.63) is 0 Å². The van der Waals surface area contributed by atoms with Gasteiger partial charge in [-0.25, -0.2) is 12.7 Å². The Kier molecular flexibility index (Phi) is 12.3. The zero-order chi connectivity index (χ0) is 18.2. The van der Waals surface area contributed by atoms with Crippen LogP contribution < -0.4 is 5.32 Å². The third-order valence-corrected chi connectivity index (χ3v) is 5.75. The van der Waals surface area contributed by atoms with Crippen LogP contribution in [0.3, 0.4) is 0 Å². The first-order valence-corrected chi connectivity index (χ1v) is 11.1. The quantitative estimate of drug-likeness (QED) is 0.235. The minimum atomic E-state index is -3.10. The minimum absolute atomic E-state index is 0. The van der Waals surface area contributed by atoms with E-state index in [-0.39, 0.29) is 24.0 Å². The standard InChI is InChI=1S/C17H36N4O2S.HI/c1-6-18-17(20-12-9-16(14-20)13-15(3)4)19-10-8-11-21(7-2)24(5,22)23;/h15-16H,6-14H2,1-5H3,(H,18,19);1H. The molecule has 0 aliphatic carbocycles. The van der Waals surface area contributed by atoms with Crippen LogP contribution >= 0.6 is 24.0 Å². The Morgan fingerprint density at radius 3 is 2.56 bits per heavy atom. The Bertz CT molecular complexity index is 497. The lowest BCUT2D eigenvalue weighted by Crippen LogP contribution is -2.40. The predicted molar refractivity (Wildman–Crippen MR) is 117 cm³/mol. The van der Waals surface area contributed by atoms with Crippen molar-refractivity contribution in [1.82, 2.24) is 14.5 Å². The summed E-state index contributed by atoms with van der Waals surface area (Å²) in [7, 11) is -3.10. The van der Waals surface area contributed by atoms with E-state index in [2.05, 4.69) is 31.0 Å². The molecule has 1 fully saturated rings. The number of halogens is 1. The molecule has 1 saturated heterocycles. The van der Waals surface area contributed by atoms with Gasteiger partial charge >= 0.3 is 0 Å². The Morgan fingerprint density at radius 1 is 1.36 bits per heavy atom. The number of guanidine groups is 1. The van der Waals surface area contributed by atoms with Gasteiger partial charge in [0.2, 0.25) is 10.0 Å². The first kappa shape index (κ1) is 24.9. The van der Waals surface area contributed by atoms with Gasteiger partial charge in [-0.3, -0.25) is 4.99 Å². The number of nitrogens with one attached hydrogen (secondary N) is 1.